The van der Waals surface area contributed by atoms with Crippen molar-refractivity contribution >= 4 is 5.69 Å². The lowest BCUT2D eigenvalue weighted by molar-refractivity contribution is -0.384. The highest BCUT2D eigenvalue weighted by atomic mass is 16.6. The summed E-state index contributed by atoms with van der Waals surface area (Å²) < 4.78 is 0. The number of benzene rings is 1. The van der Waals surface area contributed by atoms with Crippen molar-refractivity contribution in [3.8, 4) is 0 Å². The van der Waals surface area contributed by atoms with Crippen LogP contribution in [0.1, 0.15) is 44.1 Å². The highest BCUT2D eigenvalue weighted by Crippen LogP contribution is 2.37. The van der Waals surface area contributed by atoms with Gasteiger partial charge in [0, 0.05) is 18.2 Å². The van der Waals surface area contributed by atoms with Gasteiger partial charge in [-0.15, -0.1) is 0 Å². The van der Waals surface area contributed by atoms with E-state index >= 15 is 0 Å². The lowest BCUT2D eigenvalue weighted by Gasteiger charge is -2.30. The molecule has 2 N–H and O–H groups in total. The molecular formula is C14H20N2O2. The van der Waals surface area contributed by atoms with Crippen LogP contribution in [-0.4, -0.2) is 11.0 Å². The molecule has 0 amide bonds. The molecule has 0 spiro atoms. The zero-order valence-electron chi connectivity index (χ0n) is 10.7. The maximum Gasteiger partial charge on any atom is 0.269 e. The van der Waals surface area contributed by atoms with Gasteiger partial charge in [-0.05, 0) is 50.0 Å². The molecule has 98 valence electrons. The molecule has 1 atom stereocenters. The molecule has 4 heteroatoms. The quantitative estimate of drug-likeness (QED) is 0.659. The molecule has 0 bridgehead atoms. The fourth-order valence-electron chi connectivity index (χ4n) is 2.85. The van der Waals surface area contributed by atoms with Crippen LogP contribution in [0.4, 0.5) is 5.69 Å². The van der Waals surface area contributed by atoms with Gasteiger partial charge in [-0.2, -0.15) is 0 Å². The normalized spacial score (nSPS) is 25.7. The fourth-order valence-corrected chi connectivity index (χ4v) is 2.85. The van der Waals surface area contributed by atoms with Gasteiger partial charge in [0.1, 0.15) is 0 Å². The standard InChI is InChI=1S/C14H20N2O2/c1-10(15)11-2-4-12(5-3-11)13-6-8-14(9-7-13)16(17)18/h6-12H,2-5,15H2,1H3. The maximum atomic E-state index is 10.6. The summed E-state index contributed by atoms with van der Waals surface area (Å²) in [4.78, 5) is 10.2. The molecule has 18 heavy (non-hydrogen) atoms. The molecule has 1 unspecified atom stereocenters. The highest BCUT2D eigenvalue weighted by molar-refractivity contribution is 5.34. The average molecular weight is 248 g/mol. The van der Waals surface area contributed by atoms with E-state index in [0.717, 1.165) is 12.8 Å². The van der Waals surface area contributed by atoms with E-state index in [1.54, 1.807) is 12.1 Å². The van der Waals surface area contributed by atoms with E-state index in [0.29, 0.717) is 11.8 Å². The predicted molar refractivity (Wildman–Crippen MR) is 71.4 cm³/mol. The van der Waals surface area contributed by atoms with Crippen molar-refractivity contribution in [1.29, 1.82) is 0 Å². The van der Waals surface area contributed by atoms with Gasteiger partial charge >= 0.3 is 0 Å². The number of nitro groups is 1. The van der Waals surface area contributed by atoms with Crippen molar-refractivity contribution in [3.63, 3.8) is 0 Å². The highest BCUT2D eigenvalue weighted by Gasteiger charge is 2.24. The summed E-state index contributed by atoms with van der Waals surface area (Å²) in [6.45, 7) is 2.08. The lowest BCUT2D eigenvalue weighted by Crippen LogP contribution is -2.29. The Balaban J connectivity index is 1.99. The third-order valence-electron chi connectivity index (χ3n) is 4.09. The molecule has 1 aliphatic carbocycles. The van der Waals surface area contributed by atoms with Crippen LogP contribution in [0.5, 0.6) is 0 Å². The third kappa shape index (κ3) is 2.88. The van der Waals surface area contributed by atoms with Crippen molar-refractivity contribution in [2.24, 2.45) is 11.7 Å². The van der Waals surface area contributed by atoms with Gasteiger partial charge in [0.25, 0.3) is 5.69 Å². The first-order valence-corrected chi connectivity index (χ1v) is 6.58. The van der Waals surface area contributed by atoms with Gasteiger partial charge in [-0.1, -0.05) is 12.1 Å². The fraction of sp³-hybridized carbons (Fsp3) is 0.571. The minimum absolute atomic E-state index is 0.169. The Morgan fingerprint density at radius 2 is 1.78 bits per heavy atom. The van der Waals surface area contributed by atoms with E-state index in [-0.39, 0.29) is 16.7 Å². The average Bonchev–Trinajstić information content (AvgIpc) is 2.39. The van der Waals surface area contributed by atoms with E-state index in [4.69, 9.17) is 5.73 Å². The Bertz CT molecular complexity index is 406. The number of nitrogens with two attached hydrogens (primary N) is 1. The molecule has 0 heterocycles. The minimum Gasteiger partial charge on any atom is -0.328 e. The van der Waals surface area contributed by atoms with Crippen molar-refractivity contribution in [2.45, 2.75) is 44.6 Å². The second-order valence-corrected chi connectivity index (χ2v) is 5.32. The first kappa shape index (κ1) is 13.0. The second-order valence-electron chi connectivity index (χ2n) is 5.32. The van der Waals surface area contributed by atoms with E-state index in [1.807, 2.05) is 12.1 Å². The summed E-state index contributed by atoms with van der Waals surface area (Å²) in [7, 11) is 0. The number of hydrogen-bond acceptors (Lipinski definition) is 3. The number of rotatable bonds is 3. The summed E-state index contributed by atoms with van der Waals surface area (Å²) in [6.07, 6.45) is 4.62. The third-order valence-corrected chi connectivity index (χ3v) is 4.09. The Labute approximate surface area is 107 Å². The second kappa shape index (κ2) is 5.48. The first-order valence-electron chi connectivity index (χ1n) is 6.58. The van der Waals surface area contributed by atoms with Crippen LogP contribution < -0.4 is 5.73 Å². The van der Waals surface area contributed by atoms with E-state index < -0.39 is 0 Å². The minimum atomic E-state index is -0.350. The molecule has 1 aliphatic rings. The van der Waals surface area contributed by atoms with Gasteiger partial charge in [0.2, 0.25) is 0 Å². The Morgan fingerprint density at radius 3 is 2.22 bits per heavy atom. The SMILES string of the molecule is CC(N)C1CCC(c2ccc([N+](=O)[O-])cc2)CC1. The molecule has 1 aromatic rings. The van der Waals surface area contributed by atoms with E-state index in [1.165, 1.54) is 18.4 Å². The van der Waals surface area contributed by atoms with Gasteiger partial charge in [-0.25, -0.2) is 0 Å². The van der Waals surface area contributed by atoms with Gasteiger partial charge in [0.15, 0.2) is 0 Å². The zero-order valence-corrected chi connectivity index (χ0v) is 10.7. The van der Waals surface area contributed by atoms with Crippen molar-refractivity contribution in [3.05, 3.63) is 39.9 Å². The number of hydrogen-bond donors (Lipinski definition) is 1. The van der Waals surface area contributed by atoms with Crippen LogP contribution in [0.3, 0.4) is 0 Å². The topological polar surface area (TPSA) is 69.2 Å². The smallest absolute Gasteiger partial charge is 0.269 e. The molecule has 0 aliphatic heterocycles. The monoisotopic (exact) mass is 248 g/mol. The van der Waals surface area contributed by atoms with Gasteiger partial charge in [0.05, 0.1) is 4.92 Å². The Hall–Kier alpha value is -1.42. The molecular weight excluding hydrogens is 228 g/mol. The lowest BCUT2D eigenvalue weighted by atomic mass is 9.76. The van der Waals surface area contributed by atoms with Crippen molar-refractivity contribution in [2.75, 3.05) is 0 Å². The largest absolute Gasteiger partial charge is 0.328 e. The van der Waals surface area contributed by atoms with Gasteiger partial charge < -0.3 is 5.73 Å². The van der Waals surface area contributed by atoms with Crippen LogP contribution in [0.25, 0.3) is 0 Å². The molecule has 1 saturated carbocycles. The Morgan fingerprint density at radius 1 is 1.22 bits per heavy atom. The van der Waals surface area contributed by atoms with E-state index in [2.05, 4.69) is 6.92 Å². The van der Waals surface area contributed by atoms with Gasteiger partial charge in [-0.3, -0.25) is 10.1 Å². The van der Waals surface area contributed by atoms with E-state index in [9.17, 15) is 10.1 Å². The molecule has 0 aromatic heterocycles. The van der Waals surface area contributed by atoms with Crippen LogP contribution in [0.2, 0.25) is 0 Å². The maximum absolute atomic E-state index is 10.6. The summed E-state index contributed by atoms with van der Waals surface area (Å²) in [6, 6.07) is 7.28. The first-order chi connectivity index (χ1) is 8.58. The summed E-state index contributed by atoms with van der Waals surface area (Å²) >= 11 is 0. The predicted octanol–water partition coefficient (Wildman–Crippen LogP) is 3.22. The summed E-state index contributed by atoms with van der Waals surface area (Å²) in [5.74, 6) is 1.18. The van der Waals surface area contributed by atoms with Crippen LogP contribution in [0, 0.1) is 16.0 Å². The number of nitrogens with zero attached hydrogens (tertiary/aromatic N) is 1. The molecule has 1 aromatic carbocycles. The van der Waals surface area contributed by atoms with Crippen molar-refractivity contribution in [1.82, 2.24) is 0 Å². The molecule has 2 rings (SSSR count). The summed E-state index contributed by atoms with van der Waals surface area (Å²) in [5.41, 5.74) is 7.32. The van der Waals surface area contributed by atoms with Crippen LogP contribution in [-0.2, 0) is 0 Å². The summed E-state index contributed by atoms with van der Waals surface area (Å²) in [5, 5.41) is 10.6. The zero-order chi connectivity index (χ0) is 13.1. The van der Waals surface area contributed by atoms with Crippen molar-refractivity contribution < 1.29 is 4.92 Å². The molecule has 1 fully saturated rings. The number of non-ortho nitro benzene ring substituents is 1. The van der Waals surface area contributed by atoms with Crippen LogP contribution >= 0.6 is 0 Å². The molecule has 4 nitrogen and oxygen atoms in total. The number of nitro benzene ring substituents is 1. The molecule has 0 radical (unpaired) electrons. The molecule has 0 saturated heterocycles. The Kier molecular flexibility index (Phi) is 3.97. The van der Waals surface area contributed by atoms with Crippen LogP contribution in [0.15, 0.2) is 24.3 Å².